The fourth-order valence-electron chi connectivity index (χ4n) is 1.63. The van der Waals surface area contributed by atoms with Gasteiger partial charge in [0.2, 0.25) is 0 Å². The van der Waals surface area contributed by atoms with E-state index < -0.39 is 11.9 Å². The number of aromatic nitrogens is 3. The Labute approximate surface area is 103 Å². The van der Waals surface area contributed by atoms with Gasteiger partial charge in [-0.1, -0.05) is 22.9 Å². The van der Waals surface area contributed by atoms with E-state index in [1.165, 1.54) is 12.1 Å². The second-order valence-corrected chi connectivity index (χ2v) is 4.03. The first-order valence-corrected chi connectivity index (χ1v) is 5.60. The van der Waals surface area contributed by atoms with Gasteiger partial charge >= 0.3 is 0 Å². The lowest BCUT2D eigenvalue weighted by atomic mass is 10.1. The molecular formula is C11H12ClFN4. The Bertz CT molecular complexity index is 526. The molecule has 1 heterocycles. The predicted molar refractivity (Wildman–Crippen MR) is 63.1 cm³/mol. The van der Waals surface area contributed by atoms with Crippen molar-refractivity contribution in [3.05, 3.63) is 46.5 Å². The van der Waals surface area contributed by atoms with Crippen molar-refractivity contribution in [1.82, 2.24) is 15.0 Å². The zero-order valence-electron chi connectivity index (χ0n) is 9.27. The number of benzene rings is 1. The van der Waals surface area contributed by atoms with Gasteiger partial charge in [0.15, 0.2) is 0 Å². The Morgan fingerprint density at radius 3 is 2.94 bits per heavy atom. The van der Waals surface area contributed by atoms with Gasteiger partial charge in [-0.3, -0.25) is 0 Å². The van der Waals surface area contributed by atoms with E-state index in [0.29, 0.717) is 12.1 Å². The van der Waals surface area contributed by atoms with Crippen molar-refractivity contribution < 1.29 is 4.39 Å². The third-order valence-electron chi connectivity index (χ3n) is 2.57. The van der Waals surface area contributed by atoms with Crippen LogP contribution in [0.2, 0.25) is 5.02 Å². The van der Waals surface area contributed by atoms with E-state index in [0.717, 1.165) is 5.69 Å². The molecule has 0 bridgehead atoms. The van der Waals surface area contributed by atoms with Crippen molar-refractivity contribution in [2.24, 2.45) is 5.73 Å². The molecule has 0 aliphatic heterocycles. The van der Waals surface area contributed by atoms with E-state index in [1.807, 2.05) is 6.92 Å². The highest BCUT2D eigenvalue weighted by Crippen LogP contribution is 2.23. The summed E-state index contributed by atoms with van der Waals surface area (Å²) < 4.78 is 15.0. The maximum atomic E-state index is 13.3. The minimum absolute atomic E-state index is 0.0862. The van der Waals surface area contributed by atoms with Gasteiger partial charge in [-0.15, -0.1) is 5.10 Å². The second kappa shape index (κ2) is 4.81. The quantitative estimate of drug-likeness (QED) is 0.913. The highest BCUT2D eigenvalue weighted by Gasteiger charge is 2.15. The van der Waals surface area contributed by atoms with Crippen molar-refractivity contribution in [3.63, 3.8) is 0 Å². The highest BCUT2D eigenvalue weighted by molar-refractivity contribution is 6.30. The summed E-state index contributed by atoms with van der Waals surface area (Å²) in [6.45, 7) is 2.60. The number of nitrogens with zero attached hydrogens (tertiary/aromatic N) is 3. The molecule has 2 aromatic rings. The summed E-state index contributed by atoms with van der Waals surface area (Å²) in [7, 11) is 0. The summed E-state index contributed by atoms with van der Waals surface area (Å²) in [6, 6.07) is 4.06. The number of hydrogen-bond acceptors (Lipinski definition) is 3. The fraction of sp³-hybridized carbons (Fsp3) is 0.273. The van der Waals surface area contributed by atoms with Crippen LogP contribution in [0.5, 0.6) is 0 Å². The van der Waals surface area contributed by atoms with Crippen LogP contribution in [0.4, 0.5) is 4.39 Å². The lowest BCUT2D eigenvalue weighted by Gasteiger charge is -2.13. The molecule has 17 heavy (non-hydrogen) atoms. The molecule has 1 unspecified atom stereocenters. The van der Waals surface area contributed by atoms with Gasteiger partial charge < -0.3 is 5.73 Å². The van der Waals surface area contributed by atoms with Gasteiger partial charge in [0.05, 0.1) is 23.0 Å². The van der Waals surface area contributed by atoms with E-state index in [2.05, 4.69) is 10.3 Å². The molecule has 2 N–H and O–H groups in total. The van der Waals surface area contributed by atoms with Crippen LogP contribution in [0.25, 0.3) is 0 Å². The second-order valence-electron chi connectivity index (χ2n) is 3.63. The molecule has 0 radical (unpaired) electrons. The summed E-state index contributed by atoms with van der Waals surface area (Å²) in [5.74, 6) is -0.477. The van der Waals surface area contributed by atoms with Gasteiger partial charge in [-0.25, -0.2) is 9.07 Å². The molecule has 2 rings (SSSR count). The lowest BCUT2D eigenvalue weighted by Crippen LogP contribution is -2.17. The number of hydrogen-bond donors (Lipinski definition) is 1. The standard InChI is InChI=1S/C11H12ClFN4/c1-2-17-10(6-15-16-17)11(14)7-3-4-8(12)9(13)5-7/h3-6,11H,2,14H2,1H3. The Hall–Kier alpha value is -1.46. The SMILES string of the molecule is CCn1nncc1C(N)c1ccc(Cl)c(F)c1. The van der Waals surface area contributed by atoms with Crippen molar-refractivity contribution in [1.29, 1.82) is 0 Å². The minimum atomic E-state index is -0.477. The van der Waals surface area contributed by atoms with Crippen molar-refractivity contribution >= 4 is 11.6 Å². The summed E-state index contributed by atoms with van der Waals surface area (Å²) in [5.41, 5.74) is 7.43. The summed E-state index contributed by atoms with van der Waals surface area (Å²) in [5, 5.41) is 7.77. The molecule has 1 atom stereocenters. The number of nitrogens with two attached hydrogens (primary N) is 1. The molecule has 90 valence electrons. The first-order valence-electron chi connectivity index (χ1n) is 5.22. The normalized spacial score (nSPS) is 12.7. The highest BCUT2D eigenvalue weighted by atomic mass is 35.5. The molecule has 0 saturated carbocycles. The lowest BCUT2D eigenvalue weighted by molar-refractivity contribution is 0.578. The third-order valence-corrected chi connectivity index (χ3v) is 2.88. The molecule has 0 aliphatic carbocycles. The number of halogens is 2. The van der Waals surface area contributed by atoms with Crippen molar-refractivity contribution in [3.8, 4) is 0 Å². The van der Waals surface area contributed by atoms with Gasteiger partial charge in [-0.05, 0) is 24.6 Å². The van der Waals surface area contributed by atoms with Crippen LogP contribution in [-0.4, -0.2) is 15.0 Å². The van der Waals surface area contributed by atoms with Crippen molar-refractivity contribution in [2.45, 2.75) is 19.5 Å². The molecule has 0 spiro atoms. The Morgan fingerprint density at radius 2 is 2.29 bits per heavy atom. The molecule has 0 saturated heterocycles. The van der Waals surface area contributed by atoms with Crippen LogP contribution in [0.3, 0.4) is 0 Å². The van der Waals surface area contributed by atoms with Gasteiger partial charge in [0.1, 0.15) is 5.82 Å². The van der Waals surface area contributed by atoms with Crippen LogP contribution < -0.4 is 5.73 Å². The number of rotatable bonds is 3. The fourth-order valence-corrected chi connectivity index (χ4v) is 1.75. The third kappa shape index (κ3) is 2.30. The molecular weight excluding hydrogens is 243 g/mol. The first-order chi connectivity index (χ1) is 8.13. The van der Waals surface area contributed by atoms with Crippen LogP contribution in [0.15, 0.2) is 24.4 Å². The number of aryl methyl sites for hydroxylation is 1. The van der Waals surface area contributed by atoms with Gasteiger partial charge in [-0.2, -0.15) is 0 Å². The summed E-state index contributed by atoms with van der Waals surface area (Å²) >= 11 is 5.62. The van der Waals surface area contributed by atoms with Gasteiger partial charge in [0.25, 0.3) is 0 Å². The average molecular weight is 255 g/mol. The molecule has 1 aromatic carbocycles. The molecule has 0 aliphatic rings. The first kappa shape index (κ1) is 12.0. The maximum Gasteiger partial charge on any atom is 0.142 e. The Balaban J connectivity index is 2.36. The largest absolute Gasteiger partial charge is 0.319 e. The van der Waals surface area contributed by atoms with Crippen LogP contribution in [-0.2, 0) is 6.54 Å². The topological polar surface area (TPSA) is 56.7 Å². The van der Waals surface area contributed by atoms with E-state index in [-0.39, 0.29) is 5.02 Å². The Morgan fingerprint density at radius 1 is 1.53 bits per heavy atom. The van der Waals surface area contributed by atoms with E-state index in [1.54, 1.807) is 16.9 Å². The molecule has 4 nitrogen and oxygen atoms in total. The van der Waals surface area contributed by atoms with E-state index in [9.17, 15) is 4.39 Å². The van der Waals surface area contributed by atoms with Crippen molar-refractivity contribution in [2.75, 3.05) is 0 Å². The molecule has 1 aromatic heterocycles. The summed E-state index contributed by atoms with van der Waals surface area (Å²) in [6.07, 6.45) is 1.58. The zero-order valence-corrected chi connectivity index (χ0v) is 10.0. The monoisotopic (exact) mass is 254 g/mol. The van der Waals surface area contributed by atoms with E-state index in [4.69, 9.17) is 17.3 Å². The van der Waals surface area contributed by atoms with Crippen LogP contribution in [0.1, 0.15) is 24.2 Å². The van der Waals surface area contributed by atoms with Gasteiger partial charge in [0, 0.05) is 6.54 Å². The predicted octanol–water partition coefficient (Wildman–Crippen LogP) is 2.14. The molecule has 0 fully saturated rings. The Kier molecular flexibility index (Phi) is 3.40. The smallest absolute Gasteiger partial charge is 0.142 e. The zero-order chi connectivity index (χ0) is 12.4. The summed E-state index contributed by atoms with van der Waals surface area (Å²) in [4.78, 5) is 0. The van der Waals surface area contributed by atoms with Crippen LogP contribution >= 0.6 is 11.6 Å². The maximum absolute atomic E-state index is 13.3. The average Bonchev–Trinajstić information content (AvgIpc) is 2.80. The molecule has 0 amide bonds. The molecule has 6 heteroatoms. The van der Waals surface area contributed by atoms with Crippen LogP contribution in [0, 0.1) is 5.82 Å². The van der Waals surface area contributed by atoms with E-state index >= 15 is 0 Å². The minimum Gasteiger partial charge on any atom is -0.319 e.